The van der Waals surface area contributed by atoms with Crippen molar-refractivity contribution in [1.82, 2.24) is 5.43 Å². The van der Waals surface area contributed by atoms with Crippen LogP contribution in [0.25, 0.3) is 0 Å². The van der Waals surface area contributed by atoms with Gasteiger partial charge < -0.3 is 4.74 Å². The smallest absolute Gasteiger partial charge is 0.264 e. The highest BCUT2D eigenvalue weighted by molar-refractivity contribution is 7.92. The van der Waals surface area contributed by atoms with Gasteiger partial charge in [-0.2, -0.15) is 5.10 Å². The predicted molar refractivity (Wildman–Crippen MR) is 121 cm³/mol. The van der Waals surface area contributed by atoms with Crippen molar-refractivity contribution >= 4 is 39.4 Å². The van der Waals surface area contributed by atoms with Crippen molar-refractivity contribution in [2.75, 3.05) is 18.0 Å². The zero-order valence-electron chi connectivity index (χ0n) is 16.6. The average Bonchev–Trinajstić information content (AvgIpc) is 2.79. The Morgan fingerprint density at radius 1 is 1.03 bits per heavy atom. The van der Waals surface area contributed by atoms with E-state index in [0.29, 0.717) is 11.3 Å². The number of methoxy groups -OCH3 is 1. The van der Waals surface area contributed by atoms with Gasteiger partial charge in [0.15, 0.2) is 0 Å². The molecule has 0 fully saturated rings. The van der Waals surface area contributed by atoms with Crippen molar-refractivity contribution in [3.63, 3.8) is 0 Å². The van der Waals surface area contributed by atoms with E-state index in [4.69, 9.17) is 16.3 Å². The fourth-order valence-corrected chi connectivity index (χ4v) is 4.53. The lowest BCUT2D eigenvalue weighted by Crippen LogP contribution is -2.39. The molecule has 0 aliphatic heterocycles. The van der Waals surface area contributed by atoms with E-state index in [1.165, 1.54) is 31.5 Å². The standard InChI is InChI=1S/C22H20ClN3O4S/c1-30-21-14-8-5-9-17(21)15-24-25-22(27)16-26(20-13-7-6-12-19(20)23)31(28,29)18-10-3-2-4-11-18/h2-15H,16H2,1H3,(H,25,27)/b24-15-. The minimum Gasteiger partial charge on any atom is -0.496 e. The third-order valence-electron chi connectivity index (χ3n) is 4.27. The minimum atomic E-state index is -4.04. The van der Waals surface area contributed by atoms with Crippen molar-refractivity contribution < 1.29 is 17.9 Å². The monoisotopic (exact) mass is 457 g/mol. The number of hydrogen-bond acceptors (Lipinski definition) is 5. The molecular weight excluding hydrogens is 438 g/mol. The lowest BCUT2D eigenvalue weighted by Gasteiger charge is -2.24. The zero-order valence-corrected chi connectivity index (χ0v) is 18.2. The first-order chi connectivity index (χ1) is 14.9. The number of para-hydroxylation sites is 2. The van der Waals surface area contributed by atoms with Crippen LogP contribution in [0.15, 0.2) is 88.9 Å². The van der Waals surface area contributed by atoms with Gasteiger partial charge in [-0.15, -0.1) is 0 Å². The highest BCUT2D eigenvalue weighted by Gasteiger charge is 2.28. The third-order valence-corrected chi connectivity index (χ3v) is 6.36. The highest BCUT2D eigenvalue weighted by Crippen LogP contribution is 2.30. The maximum Gasteiger partial charge on any atom is 0.264 e. The van der Waals surface area contributed by atoms with E-state index < -0.39 is 22.5 Å². The fraction of sp³-hybridized carbons (Fsp3) is 0.0909. The van der Waals surface area contributed by atoms with Crippen LogP contribution in [0.3, 0.4) is 0 Å². The second kappa shape index (κ2) is 10.1. The number of halogens is 1. The first-order valence-corrected chi connectivity index (χ1v) is 11.0. The molecule has 0 unspecified atom stereocenters. The summed E-state index contributed by atoms with van der Waals surface area (Å²) in [5.41, 5.74) is 3.20. The van der Waals surface area contributed by atoms with Gasteiger partial charge in [0.2, 0.25) is 0 Å². The molecule has 1 amide bonds. The normalized spacial score (nSPS) is 11.3. The van der Waals surface area contributed by atoms with Crippen molar-refractivity contribution in [3.8, 4) is 5.75 Å². The van der Waals surface area contributed by atoms with Crippen LogP contribution < -0.4 is 14.5 Å². The van der Waals surface area contributed by atoms with Crippen LogP contribution in [0.2, 0.25) is 5.02 Å². The summed E-state index contributed by atoms with van der Waals surface area (Å²) in [6.45, 7) is -0.510. The number of anilines is 1. The third kappa shape index (κ3) is 5.42. The first kappa shape index (κ1) is 22.3. The van der Waals surface area contributed by atoms with Gasteiger partial charge in [-0.3, -0.25) is 9.10 Å². The number of nitrogens with one attached hydrogen (secondary N) is 1. The molecule has 0 saturated carbocycles. The van der Waals surface area contributed by atoms with Crippen LogP contribution in [-0.2, 0) is 14.8 Å². The Balaban J connectivity index is 1.85. The summed E-state index contributed by atoms with van der Waals surface area (Å²) in [7, 11) is -2.51. The molecule has 3 aromatic rings. The Bertz CT molecular complexity index is 1180. The van der Waals surface area contributed by atoms with Gasteiger partial charge in [-0.25, -0.2) is 13.8 Å². The zero-order chi connectivity index (χ0) is 22.3. The molecule has 3 aromatic carbocycles. The highest BCUT2D eigenvalue weighted by atomic mass is 35.5. The van der Waals surface area contributed by atoms with Crippen molar-refractivity contribution in [2.24, 2.45) is 5.10 Å². The molecule has 0 aliphatic carbocycles. The van der Waals surface area contributed by atoms with Gasteiger partial charge in [0.25, 0.3) is 15.9 Å². The number of amides is 1. The molecule has 7 nitrogen and oxygen atoms in total. The summed E-state index contributed by atoms with van der Waals surface area (Å²) >= 11 is 6.23. The molecule has 0 aliphatic rings. The topological polar surface area (TPSA) is 88.1 Å². The molecule has 3 rings (SSSR count). The number of rotatable bonds is 8. The van der Waals surface area contributed by atoms with E-state index in [0.717, 1.165) is 4.31 Å². The number of hydrogen-bond donors (Lipinski definition) is 1. The number of carbonyl (C=O) groups is 1. The van der Waals surface area contributed by atoms with Crippen molar-refractivity contribution in [2.45, 2.75) is 4.90 Å². The quantitative estimate of drug-likeness (QED) is 0.412. The van der Waals surface area contributed by atoms with Gasteiger partial charge in [0, 0.05) is 5.56 Å². The average molecular weight is 458 g/mol. The Morgan fingerprint density at radius 3 is 2.39 bits per heavy atom. The van der Waals surface area contributed by atoms with E-state index in [-0.39, 0.29) is 15.6 Å². The van der Waals surface area contributed by atoms with Crippen molar-refractivity contribution in [1.29, 1.82) is 0 Å². The van der Waals surface area contributed by atoms with Crippen LogP contribution in [0, 0.1) is 0 Å². The molecule has 160 valence electrons. The van der Waals surface area contributed by atoms with Crippen LogP contribution >= 0.6 is 11.6 Å². The first-order valence-electron chi connectivity index (χ1n) is 9.20. The van der Waals surface area contributed by atoms with Gasteiger partial charge >= 0.3 is 0 Å². The van der Waals surface area contributed by atoms with Gasteiger partial charge in [0.05, 0.1) is 28.9 Å². The molecule has 0 spiro atoms. The lowest BCUT2D eigenvalue weighted by molar-refractivity contribution is -0.119. The molecule has 0 heterocycles. The minimum absolute atomic E-state index is 0.0419. The molecule has 31 heavy (non-hydrogen) atoms. The number of carbonyl (C=O) groups excluding carboxylic acids is 1. The second-order valence-corrected chi connectivity index (χ2v) is 8.58. The Kier molecular flexibility index (Phi) is 7.28. The number of benzene rings is 3. The molecular formula is C22H20ClN3O4S. The molecule has 0 saturated heterocycles. The maximum atomic E-state index is 13.2. The lowest BCUT2D eigenvalue weighted by atomic mass is 10.2. The Labute approximate surface area is 186 Å². The van der Waals surface area contributed by atoms with Crippen LogP contribution in [0.1, 0.15) is 5.56 Å². The summed E-state index contributed by atoms with van der Waals surface area (Å²) in [5.74, 6) is -0.0459. The van der Waals surface area contributed by atoms with Gasteiger partial charge in [0.1, 0.15) is 12.3 Å². The number of nitrogens with zero attached hydrogens (tertiary/aromatic N) is 2. The summed E-state index contributed by atoms with van der Waals surface area (Å²) in [6, 6.07) is 21.4. The van der Waals surface area contributed by atoms with Crippen LogP contribution in [-0.4, -0.2) is 34.2 Å². The molecule has 9 heteroatoms. The maximum absolute atomic E-state index is 13.2. The van der Waals surface area contributed by atoms with E-state index in [1.807, 2.05) is 6.07 Å². The fourth-order valence-electron chi connectivity index (χ4n) is 2.79. The summed E-state index contributed by atoms with van der Waals surface area (Å²) in [5, 5.41) is 4.12. The summed E-state index contributed by atoms with van der Waals surface area (Å²) in [6.07, 6.45) is 1.42. The molecule has 0 atom stereocenters. The molecule has 0 radical (unpaired) electrons. The Morgan fingerprint density at radius 2 is 1.68 bits per heavy atom. The summed E-state index contributed by atoms with van der Waals surface area (Å²) in [4.78, 5) is 12.6. The summed E-state index contributed by atoms with van der Waals surface area (Å²) < 4.78 is 32.6. The predicted octanol–water partition coefficient (Wildman–Crippen LogP) is 3.69. The van der Waals surface area contributed by atoms with E-state index in [9.17, 15) is 13.2 Å². The second-order valence-electron chi connectivity index (χ2n) is 6.31. The largest absolute Gasteiger partial charge is 0.496 e. The molecule has 1 N–H and O–H groups in total. The molecule has 0 bridgehead atoms. The Hall–Kier alpha value is -3.36. The SMILES string of the molecule is COc1ccccc1/C=N\NC(=O)CN(c1ccccc1Cl)S(=O)(=O)c1ccccc1. The number of sulfonamides is 1. The number of hydrazone groups is 1. The van der Waals surface area contributed by atoms with Crippen LogP contribution in [0.5, 0.6) is 5.75 Å². The van der Waals surface area contributed by atoms with Gasteiger partial charge in [-0.05, 0) is 36.4 Å². The van der Waals surface area contributed by atoms with E-state index >= 15 is 0 Å². The van der Waals surface area contributed by atoms with E-state index in [1.54, 1.807) is 54.6 Å². The van der Waals surface area contributed by atoms with Crippen molar-refractivity contribution in [3.05, 3.63) is 89.4 Å². The van der Waals surface area contributed by atoms with E-state index in [2.05, 4.69) is 10.5 Å². The van der Waals surface area contributed by atoms with Gasteiger partial charge in [-0.1, -0.05) is 54.1 Å². The molecule has 0 aromatic heterocycles. The number of ether oxygens (including phenoxy) is 1. The van der Waals surface area contributed by atoms with Crippen LogP contribution in [0.4, 0.5) is 5.69 Å².